The van der Waals surface area contributed by atoms with Crippen molar-refractivity contribution in [3.8, 4) is 5.88 Å². The van der Waals surface area contributed by atoms with Gasteiger partial charge in [0.25, 0.3) is 5.91 Å². The van der Waals surface area contributed by atoms with Gasteiger partial charge in [0.05, 0.1) is 24.1 Å². The molecule has 0 aromatic carbocycles. The van der Waals surface area contributed by atoms with E-state index in [0.29, 0.717) is 12.5 Å². The minimum atomic E-state index is -0.561. The number of rotatable bonds is 5. The van der Waals surface area contributed by atoms with E-state index >= 15 is 0 Å². The summed E-state index contributed by atoms with van der Waals surface area (Å²) in [6.07, 6.45) is 6.36. The number of hydrogen-bond acceptors (Lipinski definition) is 4. The first kappa shape index (κ1) is 11.7. The summed E-state index contributed by atoms with van der Waals surface area (Å²) >= 11 is 0. The van der Waals surface area contributed by atoms with Gasteiger partial charge in [0, 0.05) is 6.07 Å². The van der Waals surface area contributed by atoms with E-state index in [1.807, 2.05) is 0 Å². The normalized spacial score (nSPS) is 15.3. The van der Waals surface area contributed by atoms with Crippen LogP contribution in [0, 0.1) is 5.92 Å². The molecule has 17 heavy (non-hydrogen) atoms. The zero-order valence-electron chi connectivity index (χ0n) is 9.69. The third kappa shape index (κ3) is 2.87. The number of carbonyl (C=O) groups is 1. The van der Waals surface area contributed by atoms with Crippen molar-refractivity contribution in [3.05, 3.63) is 17.8 Å². The van der Waals surface area contributed by atoms with Crippen LogP contribution in [-0.4, -0.2) is 17.5 Å². The Labute approximate surface area is 100 Å². The third-order valence-corrected chi connectivity index (χ3v) is 3.18. The lowest BCUT2D eigenvalue weighted by molar-refractivity contribution is 0.100. The van der Waals surface area contributed by atoms with Crippen molar-refractivity contribution in [1.29, 1.82) is 0 Å². The minimum absolute atomic E-state index is 0.263. The summed E-state index contributed by atoms with van der Waals surface area (Å²) in [5.74, 6) is 0.639. The van der Waals surface area contributed by atoms with E-state index in [1.165, 1.54) is 31.5 Å². The molecule has 5 heteroatoms. The van der Waals surface area contributed by atoms with Gasteiger partial charge in [-0.1, -0.05) is 19.3 Å². The van der Waals surface area contributed by atoms with Crippen LogP contribution in [0.5, 0.6) is 5.88 Å². The minimum Gasteiger partial charge on any atom is -0.478 e. The second-order valence-corrected chi connectivity index (χ2v) is 4.41. The molecule has 1 aromatic heterocycles. The average Bonchev–Trinajstić information content (AvgIpc) is 2.23. The quantitative estimate of drug-likeness (QED) is 0.805. The van der Waals surface area contributed by atoms with Crippen LogP contribution in [0.3, 0.4) is 0 Å². The molecule has 0 unspecified atom stereocenters. The SMILES string of the molecule is NC(=O)c1cc(OCCC2CCC2)ncc1N. The fourth-order valence-electron chi connectivity index (χ4n) is 1.85. The number of anilines is 1. The summed E-state index contributed by atoms with van der Waals surface area (Å²) in [6.45, 7) is 0.625. The Balaban J connectivity index is 1.91. The predicted molar refractivity (Wildman–Crippen MR) is 64.6 cm³/mol. The highest BCUT2D eigenvalue weighted by atomic mass is 16.5. The number of aromatic nitrogens is 1. The van der Waals surface area contributed by atoms with E-state index in [-0.39, 0.29) is 11.3 Å². The van der Waals surface area contributed by atoms with Crippen molar-refractivity contribution in [1.82, 2.24) is 4.98 Å². The predicted octanol–water partition coefficient (Wildman–Crippen LogP) is 1.33. The third-order valence-electron chi connectivity index (χ3n) is 3.18. The van der Waals surface area contributed by atoms with Crippen molar-refractivity contribution in [3.63, 3.8) is 0 Å². The Kier molecular flexibility index (Phi) is 3.46. The summed E-state index contributed by atoms with van der Waals surface area (Å²) in [6, 6.07) is 1.50. The number of ether oxygens (including phenoxy) is 1. The van der Waals surface area contributed by atoms with Crippen LogP contribution < -0.4 is 16.2 Å². The van der Waals surface area contributed by atoms with E-state index in [9.17, 15) is 4.79 Å². The molecule has 1 aliphatic rings. The van der Waals surface area contributed by atoms with Gasteiger partial charge in [-0.15, -0.1) is 0 Å². The van der Waals surface area contributed by atoms with Crippen molar-refractivity contribution in [2.24, 2.45) is 11.7 Å². The molecular weight excluding hydrogens is 218 g/mol. The van der Waals surface area contributed by atoms with Crippen LogP contribution in [0.15, 0.2) is 12.3 Å². The van der Waals surface area contributed by atoms with Crippen LogP contribution in [0.25, 0.3) is 0 Å². The second-order valence-electron chi connectivity index (χ2n) is 4.41. The number of carbonyl (C=O) groups excluding carboxylic acids is 1. The monoisotopic (exact) mass is 235 g/mol. The summed E-state index contributed by atoms with van der Waals surface area (Å²) in [4.78, 5) is 15.1. The van der Waals surface area contributed by atoms with Gasteiger partial charge in [-0.2, -0.15) is 0 Å². The molecule has 1 saturated carbocycles. The Morgan fingerprint density at radius 3 is 2.88 bits per heavy atom. The van der Waals surface area contributed by atoms with Gasteiger partial charge >= 0.3 is 0 Å². The topological polar surface area (TPSA) is 91.2 Å². The van der Waals surface area contributed by atoms with Crippen molar-refractivity contribution >= 4 is 11.6 Å². The molecule has 1 amide bonds. The summed E-state index contributed by atoms with van der Waals surface area (Å²) < 4.78 is 5.48. The number of nitrogens with zero attached hydrogens (tertiary/aromatic N) is 1. The zero-order chi connectivity index (χ0) is 12.3. The summed E-state index contributed by atoms with van der Waals surface area (Å²) in [5.41, 5.74) is 11.3. The molecule has 0 radical (unpaired) electrons. The Morgan fingerprint density at radius 2 is 2.29 bits per heavy atom. The van der Waals surface area contributed by atoms with Crippen molar-refractivity contribution in [2.75, 3.05) is 12.3 Å². The molecule has 1 heterocycles. The van der Waals surface area contributed by atoms with Crippen LogP contribution in [0.2, 0.25) is 0 Å². The molecule has 0 saturated heterocycles. The van der Waals surface area contributed by atoms with Gasteiger partial charge in [-0.05, 0) is 12.3 Å². The van der Waals surface area contributed by atoms with Crippen LogP contribution in [0.4, 0.5) is 5.69 Å². The van der Waals surface area contributed by atoms with E-state index in [4.69, 9.17) is 16.2 Å². The van der Waals surface area contributed by atoms with Crippen molar-refractivity contribution < 1.29 is 9.53 Å². The maximum Gasteiger partial charge on any atom is 0.251 e. The average molecular weight is 235 g/mol. The van der Waals surface area contributed by atoms with Crippen LogP contribution >= 0.6 is 0 Å². The maximum absolute atomic E-state index is 11.1. The molecule has 1 fully saturated rings. The molecular formula is C12H17N3O2. The van der Waals surface area contributed by atoms with Gasteiger partial charge in [0.15, 0.2) is 0 Å². The van der Waals surface area contributed by atoms with Crippen LogP contribution in [0.1, 0.15) is 36.0 Å². The number of hydrogen-bond donors (Lipinski definition) is 2. The number of nitrogen functional groups attached to an aromatic ring is 1. The van der Waals surface area contributed by atoms with E-state index in [1.54, 1.807) is 0 Å². The van der Waals surface area contributed by atoms with Crippen LogP contribution in [-0.2, 0) is 0 Å². The lowest BCUT2D eigenvalue weighted by Crippen LogP contribution is -2.16. The molecule has 4 N–H and O–H groups in total. The van der Waals surface area contributed by atoms with Gasteiger partial charge in [-0.3, -0.25) is 4.79 Å². The first-order chi connectivity index (χ1) is 8.16. The second kappa shape index (κ2) is 5.03. The van der Waals surface area contributed by atoms with E-state index in [2.05, 4.69) is 4.98 Å². The fraction of sp³-hybridized carbons (Fsp3) is 0.500. The smallest absolute Gasteiger partial charge is 0.251 e. The fourth-order valence-corrected chi connectivity index (χ4v) is 1.85. The Morgan fingerprint density at radius 1 is 1.53 bits per heavy atom. The molecule has 92 valence electrons. The molecule has 1 aromatic rings. The Bertz CT molecular complexity index is 416. The number of primary amides is 1. The molecule has 0 spiro atoms. The molecule has 0 bridgehead atoms. The van der Waals surface area contributed by atoms with E-state index in [0.717, 1.165) is 12.3 Å². The lowest BCUT2D eigenvalue weighted by atomic mass is 9.83. The maximum atomic E-state index is 11.1. The lowest BCUT2D eigenvalue weighted by Gasteiger charge is -2.24. The Hall–Kier alpha value is -1.78. The standard InChI is InChI=1S/C12H17N3O2/c13-10-7-15-11(6-9(10)12(14)16)17-5-4-8-2-1-3-8/h6-8H,1-5,13H2,(H2,14,16). The van der Waals surface area contributed by atoms with Gasteiger partial charge in [-0.25, -0.2) is 4.98 Å². The number of pyridine rings is 1. The number of nitrogens with two attached hydrogens (primary N) is 2. The van der Waals surface area contributed by atoms with Gasteiger partial charge in [0.1, 0.15) is 0 Å². The zero-order valence-corrected chi connectivity index (χ0v) is 9.69. The van der Waals surface area contributed by atoms with Gasteiger partial charge in [0.2, 0.25) is 5.88 Å². The summed E-state index contributed by atoms with van der Waals surface area (Å²) in [5, 5.41) is 0. The molecule has 0 atom stereocenters. The highest BCUT2D eigenvalue weighted by molar-refractivity contribution is 5.97. The largest absolute Gasteiger partial charge is 0.478 e. The first-order valence-corrected chi connectivity index (χ1v) is 5.85. The molecule has 2 rings (SSSR count). The molecule has 5 nitrogen and oxygen atoms in total. The first-order valence-electron chi connectivity index (χ1n) is 5.85. The molecule has 0 aliphatic heterocycles. The molecule has 1 aliphatic carbocycles. The van der Waals surface area contributed by atoms with E-state index < -0.39 is 5.91 Å². The highest BCUT2D eigenvalue weighted by Crippen LogP contribution is 2.29. The van der Waals surface area contributed by atoms with Gasteiger partial charge < -0.3 is 16.2 Å². The number of amides is 1. The summed E-state index contributed by atoms with van der Waals surface area (Å²) in [7, 11) is 0. The van der Waals surface area contributed by atoms with Crippen molar-refractivity contribution in [2.45, 2.75) is 25.7 Å². The highest BCUT2D eigenvalue weighted by Gasteiger charge is 2.17.